The summed E-state index contributed by atoms with van der Waals surface area (Å²) in [5.41, 5.74) is 4.55. The standard InChI is InChI=1S/C28H36N2O5/c1-4-9-25(27(33)29-16-19(14-18(2)3)15-26(31)32)30-28(34)35-17-24-22-12-7-5-10-20(22)21-11-6-8-13-23(21)24/h5-8,10-13,18-19,24-25H,4,9,14-17H2,1-3H3,(H,29,33)(H,30,34)(H,31,32)/t19-,25?/m0/s1. The Morgan fingerprint density at radius 2 is 1.60 bits per heavy atom. The van der Waals surface area contributed by atoms with Crippen LogP contribution < -0.4 is 10.6 Å². The quantitative estimate of drug-likeness (QED) is 0.399. The lowest BCUT2D eigenvalue weighted by Gasteiger charge is -2.22. The number of fused-ring (bicyclic) bond motifs is 3. The molecule has 1 aliphatic carbocycles. The van der Waals surface area contributed by atoms with Crippen LogP contribution >= 0.6 is 0 Å². The van der Waals surface area contributed by atoms with Crippen LogP contribution in [-0.4, -0.2) is 42.3 Å². The topological polar surface area (TPSA) is 105 Å². The zero-order valence-corrected chi connectivity index (χ0v) is 20.8. The van der Waals surface area contributed by atoms with Gasteiger partial charge in [0.15, 0.2) is 0 Å². The first kappa shape index (κ1) is 26.3. The van der Waals surface area contributed by atoms with Crippen molar-refractivity contribution in [3.8, 4) is 11.1 Å². The van der Waals surface area contributed by atoms with Gasteiger partial charge in [0, 0.05) is 18.9 Å². The minimum atomic E-state index is -0.883. The molecule has 2 atom stereocenters. The molecule has 3 N–H and O–H groups in total. The fraction of sp³-hybridized carbons (Fsp3) is 0.464. The van der Waals surface area contributed by atoms with Gasteiger partial charge in [0.2, 0.25) is 5.91 Å². The fourth-order valence-corrected chi connectivity index (χ4v) is 4.86. The van der Waals surface area contributed by atoms with Crippen LogP contribution in [0, 0.1) is 11.8 Å². The highest BCUT2D eigenvalue weighted by molar-refractivity contribution is 5.85. The van der Waals surface area contributed by atoms with Gasteiger partial charge in [-0.05, 0) is 46.9 Å². The Labute approximate surface area is 207 Å². The Morgan fingerprint density at radius 3 is 2.14 bits per heavy atom. The van der Waals surface area contributed by atoms with Gasteiger partial charge in [0.05, 0.1) is 0 Å². The number of carbonyl (C=O) groups excluding carboxylic acids is 2. The van der Waals surface area contributed by atoms with Crippen LogP contribution in [0.25, 0.3) is 11.1 Å². The zero-order chi connectivity index (χ0) is 25.4. The molecule has 0 bridgehead atoms. The monoisotopic (exact) mass is 480 g/mol. The number of rotatable bonds is 12. The van der Waals surface area contributed by atoms with Crippen LogP contribution in [-0.2, 0) is 14.3 Å². The lowest BCUT2D eigenvalue weighted by molar-refractivity contribution is -0.138. The van der Waals surface area contributed by atoms with E-state index in [1.165, 1.54) is 0 Å². The Balaban J connectivity index is 1.58. The highest BCUT2D eigenvalue weighted by atomic mass is 16.5. The molecule has 0 aliphatic heterocycles. The van der Waals surface area contributed by atoms with Crippen LogP contribution in [0.5, 0.6) is 0 Å². The van der Waals surface area contributed by atoms with Gasteiger partial charge in [-0.2, -0.15) is 0 Å². The summed E-state index contributed by atoms with van der Waals surface area (Å²) in [6.45, 7) is 6.42. The van der Waals surface area contributed by atoms with E-state index in [1.54, 1.807) is 0 Å². The predicted molar refractivity (Wildman–Crippen MR) is 135 cm³/mol. The molecule has 2 aromatic carbocycles. The number of carboxylic acids is 1. The number of benzene rings is 2. The Morgan fingerprint density at radius 1 is 1.00 bits per heavy atom. The van der Waals surface area contributed by atoms with Gasteiger partial charge in [-0.15, -0.1) is 0 Å². The van der Waals surface area contributed by atoms with Crippen molar-refractivity contribution >= 4 is 18.0 Å². The van der Waals surface area contributed by atoms with E-state index in [2.05, 4.69) is 34.9 Å². The normalized spacial score (nSPS) is 14.1. The van der Waals surface area contributed by atoms with E-state index in [0.717, 1.165) is 22.3 Å². The third-order valence-electron chi connectivity index (χ3n) is 6.36. The number of hydrogen-bond acceptors (Lipinski definition) is 4. The Hall–Kier alpha value is -3.35. The van der Waals surface area contributed by atoms with Crippen molar-refractivity contribution in [2.75, 3.05) is 13.2 Å². The lowest BCUT2D eigenvalue weighted by Crippen LogP contribution is -2.48. The van der Waals surface area contributed by atoms with Crippen molar-refractivity contribution in [3.05, 3.63) is 59.7 Å². The summed E-state index contributed by atoms with van der Waals surface area (Å²) in [5.74, 6) is -1.10. The maximum absolute atomic E-state index is 12.8. The first-order valence-electron chi connectivity index (χ1n) is 12.4. The smallest absolute Gasteiger partial charge is 0.407 e. The highest BCUT2D eigenvalue weighted by Crippen LogP contribution is 2.44. The third-order valence-corrected chi connectivity index (χ3v) is 6.36. The van der Waals surface area contributed by atoms with Crippen molar-refractivity contribution in [1.82, 2.24) is 10.6 Å². The summed E-state index contributed by atoms with van der Waals surface area (Å²) in [6, 6.07) is 15.5. The predicted octanol–water partition coefficient (Wildman–Crippen LogP) is 4.95. The number of nitrogens with one attached hydrogen (secondary N) is 2. The third kappa shape index (κ3) is 7.07. The van der Waals surface area contributed by atoms with Crippen molar-refractivity contribution in [2.45, 2.75) is 58.4 Å². The van der Waals surface area contributed by atoms with E-state index < -0.39 is 18.1 Å². The van der Waals surface area contributed by atoms with Crippen LogP contribution in [0.1, 0.15) is 63.5 Å². The van der Waals surface area contributed by atoms with Crippen LogP contribution in [0.2, 0.25) is 0 Å². The molecule has 3 rings (SSSR count). The number of hydrogen-bond donors (Lipinski definition) is 3. The average Bonchev–Trinajstić information content (AvgIpc) is 3.14. The van der Waals surface area contributed by atoms with Crippen LogP contribution in [0.15, 0.2) is 48.5 Å². The molecule has 2 amide bonds. The van der Waals surface area contributed by atoms with E-state index in [0.29, 0.717) is 25.2 Å². The fourth-order valence-electron chi connectivity index (χ4n) is 4.86. The first-order chi connectivity index (χ1) is 16.8. The van der Waals surface area contributed by atoms with E-state index in [9.17, 15) is 14.4 Å². The Bertz CT molecular complexity index is 990. The number of carboxylic acid groups (broad SMARTS) is 1. The van der Waals surface area contributed by atoms with Crippen molar-refractivity contribution in [3.63, 3.8) is 0 Å². The molecule has 0 aromatic heterocycles. The molecule has 0 saturated carbocycles. The SMILES string of the molecule is CCCC(NC(=O)OCC1c2ccccc2-c2ccccc21)C(=O)NC[C@H](CC(=O)O)CC(C)C. The van der Waals surface area contributed by atoms with E-state index in [4.69, 9.17) is 9.84 Å². The van der Waals surface area contributed by atoms with Crippen molar-refractivity contribution < 1.29 is 24.2 Å². The largest absolute Gasteiger partial charge is 0.481 e. The van der Waals surface area contributed by atoms with E-state index in [1.807, 2.05) is 45.0 Å². The number of aliphatic carboxylic acids is 1. The molecule has 1 unspecified atom stereocenters. The number of ether oxygens (including phenoxy) is 1. The van der Waals surface area contributed by atoms with Gasteiger partial charge in [-0.25, -0.2) is 4.79 Å². The summed E-state index contributed by atoms with van der Waals surface area (Å²) >= 11 is 0. The molecule has 0 heterocycles. The van der Waals surface area contributed by atoms with Crippen molar-refractivity contribution in [2.24, 2.45) is 11.8 Å². The number of carbonyl (C=O) groups is 3. The molecular formula is C28H36N2O5. The molecule has 0 radical (unpaired) electrons. The minimum absolute atomic E-state index is 0.00326. The van der Waals surface area contributed by atoms with E-state index in [-0.39, 0.29) is 37.3 Å². The number of alkyl carbamates (subject to hydrolysis) is 1. The van der Waals surface area contributed by atoms with Gasteiger partial charge in [-0.3, -0.25) is 9.59 Å². The molecule has 0 saturated heterocycles. The molecule has 7 heteroatoms. The zero-order valence-electron chi connectivity index (χ0n) is 20.8. The van der Waals surface area contributed by atoms with Crippen LogP contribution in [0.3, 0.4) is 0 Å². The highest BCUT2D eigenvalue weighted by Gasteiger charge is 2.30. The molecule has 7 nitrogen and oxygen atoms in total. The first-order valence-corrected chi connectivity index (χ1v) is 12.4. The minimum Gasteiger partial charge on any atom is -0.481 e. The summed E-state index contributed by atoms with van der Waals surface area (Å²) in [5, 5.41) is 14.7. The van der Waals surface area contributed by atoms with Gasteiger partial charge in [0.25, 0.3) is 0 Å². The summed E-state index contributed by atoms with van der Waals surface area (Å²) in [6.07, 6.45) is 1.22. The van der Waals surface area contributed by atoms with E-state index >= 15 is 0 Å². The van der Waals surface area contributed by atoms with Gasteiger partial charge >= 0.3 is 12.1 Å². The van der Waals surface area contributed by atoms with Gasteiger partial charge < -0.3 is 20.5 Å². The molecule has 2 aromatic rings. The number of amides is 2. The maximum Gasteiger partial charge on any atom is 0.407 e. The average molecular weight is 481 g/mol. The molecule has 0 fully saturated rings. The summed E-state index contributed by atoms with van der Waals surface area (Å²) in [4.78, 5) is 36.6. The second-order valence-corrected chi connectivity index (χ2v) is 9.65. The van der Waals surface area contributed by atoms with Gasteiger partial charge in [-0.1, -0.05) is 75.7 Å². The Kier molecular flexibility index (Phi) is 9.29. The van der Waals surface area contributed by atoms with Crippen LogP contribution in [0.4, 0.5) is 4.79 Å². The molecular weight excluding hydrogens is 444 g/mol. The summed E-state index contributed by atoms with van der Waals surface area (Å²) in [7, 11) is 0. The van der Waals surface area contributed by atoms with Crippen molar-refractivity contribution in [1.29, 1.82) is 0 Å². The molecule has 188 valence electrons. The van der Waals surface area contributed by atoms with Gasteiger partial charge in [0.1, 0.15) is 12.6 Å². The second-order valence-electron chi connectivity index (χ2n) is 9.65. The maximum atomic E-state index is 12.8. The lowest BCUT2D eigenvalue weighted by atomic mass is 9.94. The molecule has 35 heavy (non-hydrogen) atoms. The molecule has 1 aliphatic rings. The second kappa shape index (κ2) is 12.4. The molecule has 0 spiro atoms. The summed E-state index contributed by atoms with van der Waals surface area (Å²) < 4.78 is 5.59.